The maximum Gasteiger partial charge on any atom is 0.199 e. The molecule has 1 aromatic carbocycles. The number of halogens is 1. The first-order chi connectivity index (χ1) is 7.79. The lowest BCUT2D eigenvalue weighted by Crippen LogP contribution is -2.24. The van der Waals surface area contributed by atoms with E-state index in [-0.39, 0.29) is 6.29 Å². The first-order valence-electron chi connectivity index (χ1n) is 5.86. The monoisotopic (exact) mass is 284 g/mol. The standard InChI is InChI=1S/C13H17BrO2/c1-2-10-6-7-11(9-12(10)14)16-13-5-3-4-8-15-13/h6-7,9,13H,2-5,8H2,1H3. The lowest BCUT2D eigenvalue weighted by molar-refractivity contribution is -0.105. The first-order valence-corrected chi connectivity index (χ1v) is 6.65. The smallest absolute Gasteiger partial charge is 0.199 e. The van der Waals surface area contributed by atoms with E-state index in [0.29, 0.717) is 0 Å². The average molecular weight is 285 g/mol. The van der Waals surface area contributed by atoms with Crippen molar-refractivity contribution in [3.8, 4) is 5.75 Å². The third-order valence-electron chi connectivity index (χ3n) is 2.81. The van der Waals surface area contributed by atoms with E-state index < -0.39 is 0 Å². The van der Waals surface area contributed by atoms with Crippen molar-refractivity contribution in [2.45, 2.75) is 38.9 Å². The van der Waals surface area contributed by atoms with E-state index in [1.807, 2.05) is 12.1 Å². The third kappa shape index (κ3) is 2.98. The van der Waals surface area contributed by atoms with Gasteiger partial charge in [0.05, 0.1) is 6.61 Å². The Morgan fingerprint density at radius 3 is 2.94 bits per heavy atom. The summed E-state index contributed by atoms with van der Waals surface area (Å²) in [6.07, 6.45) is 4.30. The summed E-state index contributed by atoms with van der Waals surface area (Å²) in [6.45, 7) is 2.96. The summed E-state index contributed by atoms with van der Waals surface area (Å²) in [5.41, 5.74) is 1.30. The van der Waals surface area contributed by atoms with Crippen molar-refractivity contribution in [3.63, 3.8) is 0 Å². The molecule has 3 heteroatoms. The molecule has 0 saturated carbocycles. The Morgan fingerprint density at radius 1 is 1.44 bits per heavy atom. The predicted octanol–water partition coefficient (Wildman–Crippen LogP) is 3.92. The second-order valence-corrected chi connectivity index (χ2v) is 4.88. The summed E-state index contributed by atoms with van der Waals surface area (Å²) in [6, 6.07) is 6.14. The van der Waals surface area contributed by atoms with E-state index in [2.05, 4.69) is 28.9 Å². The lowest BCUT2D eigenvalue weighted by atomic mass is 10.1. The van der Waals surface area contributed by atoms with Gasteiger partial charge in [-0.1, -0.05) is 28.9 Å². The SMILES string of the molecule is CCc1ccc(OC2CCCCO2)cc1Br. The molecule has 88 valence electrons. The van der Waals surface area contributed by atoms with E-state index in [4.69, 9.17) is 9.47 Å². The quantitative estimate of drug-likeness (QED) is 0.838. The second-order valence-electron chi connectivity index (χ2n) is 4.02. The number of ether oxygens (including phenoxy) is 2. The highest BCUT2D eigenvalue weighted by Crippen LogP contribution is 2.25. The van der Waals surface area contributed by atoms with E-state index in [0.717, 1.165) is 36.1 Å². The van der Waals surface area contributed by atoms with Gasteiger partial charge in [-0.25, -0.2) is 0 Å². The van der Waals surface area contributed by atoms with E-state index in [1.54, 1.807) is 0 Å². The fourth-order valence-electron chi connectivity index (χ4n) is 1.84. The van der Waals surface area contributed by atoms with Gasteiger partial charge in [-0.3, -0.25) is 0 Å². The van der Waals surface area contributed by atoms with Crippen LogP contribution in [0.2, 0.25) is 0 Å². The van der Waals surface area contributed by atoms with Crippen LogP contribution in [0.25, 0.3) is 0 Å². The molecule has 0 amide bonds. The summed E-state index contributed by atoms with van der Waals surface area (Å²) in [5, 5.41) is 0. The molecule has 16 heavy (non-hydrogen) atoms. The van der Waals surface area contributed by atoms with Crippen molar-refractivity contribution in [1.29, 1.82) is 0 Å². The van der Waals surface area contributed by atoms with E-state index in [1.165, 1.54) is 12.0 Å². The van der Waals surface area contributed by atoms with Gasteiger partial charge in [0.2, 0.25) is 0 Å². The zero-order valence-corrected chi connectivity index (χ0v) is 11.1. The van der Waals surface area contributed by atoms with Gasteiger partial charge in [0.1, 0.15) is 5.75 Å². The van der Waals surface area contributed by atoms with E-state index in [9.17, 15) is 0 Å². The molecule has 2 nitrogen and oxygen atoms in total. The van der Waals surface area contributed by atoms with Crippen molar-refractivity contribution in [2.75, 3.05) is 6.61 Å². The molecule has 2 rings (SSSR count). The minimum absolute atomic E-state index is 0.0619. The van der Waals surface area contributed by atoms with Crippen LogP contribution in [-0.2, 0) is 11.2 Å². The number of rotatable bonds is 3. The van der Waals surface area contributed by atoms with Crippen LogP contribution >= 0.6 is 15.9 Å². The fraction of sp³-hybridized carbons (Fsp3) is 0.538. The molecule has 1 fully saturated rings. The minimum atomic E-state index is -0.0619. The Hall–Kier alpha value is -0.540. The predicted molar refractivity (Wildman–Crippen MR) is 67.7 cm³/mol. The molecule has 0 radical (unpaired) electrons. The molecule has 1 aromatic rings. The van der Waals surface area contributed by atoms with Gasteiger partial charge in [0.25, 0.3) is 0 Å². The number of benzene rings is 1. The lowest BCUT2D eigenvalue weighted by Gasteiger charge is -2.23. The zero-order chi connectivity index (χ0) is 11.4. The van der Waals surface area contributed by atoms with Crippen LogP contribution in [0.5, 0.6) is 5.75 Å². The van der Waals surface area contributed by atoms with Crippen molar-refractivity contribution >= 4 is 15.9 Å². The molecule has 0 bridgehead atoms. The number of hydrogen-bond donors (Lipinski definition) is 0. The number of aryl methyl sites for hydroxylation is 1. The molecule has 0 aliphatic carbocycles. The van der Waals surface area contributed by atoms with Crippen LogP contribution in [0.3, 0.4) is 0 Å². The Labute approximate surface area is 105 Å². The highest BCUT2D eigenvalue weighted by molar-refractivity contribution is 9.10. The Balaban J connectivity index is 2.01. The molecule has 1 atom stereocenters. The molecule has 1 saturated heterocycles. The van der Waals surface area contributed by atoms with Crippen LogP contribution < -0.4 is 4.74 Å². The van der Waals surface area contributed by atoms with Gasteiger partial charge in [-0.2, -0.15) is 0 Å². The van der Waals surface area contributed by atoms with Crippen molar-refractivity contribution in [2.24, 2.45) is 0 Å². The second kappa shape index (κ2) is 5.69. The maximum absolute atomic E-state index is 5.78. The summed E-state index contributed by atoms with van der Waals surface area (Å²) >= 11 is 3.55. The van der Waals surface area contributed by atoms with Gasteiger partial charge in [0.15, 0.2) is 6.29 Å². The van der Waals surface area contributed by atoms with Gasteiger partial charge < -0.3 is 9.47 Å². The first kappa shape index (κ1) is 11.9. The maximum atomic E-state index is 5.78. The average Bonchev–Trinajstić information content (AvgIpc) is 2.31. The van der Waals surface area contributed by atoms with Gasteiger partial charge in [-0.05, 0) is 37.0 Å². The summed E-state index contributed by atoms with van der Waals surface area (Å²) in [5.74, 6) is 0.885. The van der Waals surface area contributed by atoms with Crippen LogP contribution in [0.15, 0.2) is 22.7 Å². The van der Waals surface area contributed by atoms with Gasteiger partial charge >= 0.3 is 0 Å². The third-order valence-corrected chi connectivity index (χ3v) is 3.55. The molecule has 1 unspecified atom stereocenters. The van der Waals surface area contributed by atoms with Crippen LogP contribution in [-0.4, -0.2) is 12.9 Å². The molecule has 0 spiro atoms. The van der Waals surface area contributed by atoms with Crippen LogP contribution in [0.1, 0.15) is 31.7 Å². The van der Waals surface area contributed by atoms with Crippen molar-refractivity contribution in [3.05, 3.63) is 28.2 Å². The van der Waals surface area contributed by atoms with Crippen molar-refractivity contribution in [1.82, 2.24) is 0 Å². The molecule has 0 N–H and O–H groups in total. The highest BCUT2D eigenvalue weighted by atomic mass is 79.9. The zero-order valence-electron chi connectivity index (χ0n) is 9.54. The Kier molecular flexibility index (Phi) is 4.24. The fourth-order valence-corrected chi connectivity index (χ4v) is 2.48. The van der Waals surface area contributed by atoms with Gasteiger partial charge in [-0.15, -0.1) is 0 Å². The largest absolute Gasteiger partial charge is 0.465 e. The molecule has 1 aliphatic rings. The molecule has 0 aromatic heterocycles. The Morgan fingerprint density at radius 2 is 2.31 bits per heavy atom. The van der Waals surface area contributed by atoms with Gasteiger partial charge in [0, 0.05) is 10.9 Å². The summed E-state index contributed by atoms with van der Waals surface area (Å²) < 4.78 is 12.4. The topological polar surface area (TPSA) is 18.5 Å². The Bertz CT molecular complexity index is 346. The van der Waals surface area contributed by atoms with Crippen molar-refractivity contribution < 1.29 is 9.47 Å². The van der Waals surface area contributed by atoms with E-state index >= 15 is 0 Å². The normalized spacial score (nSPS) is 20.8. The molecule has 1 aliphatic heterocycles. The summed E-state index contributed by atoms with van der Waals surface area (Å²) in [7, 11) is 0. The van der Waals surface area contributed by atoms with Crippen LogP contribution in [0.4, 0.5) is 0 Å². The molecular weight excluding hydrogens is 268 g/mol. The van der Waals surface area contributed by atoms with Crippen LogP contribution in [0, 0.1) is 0 Å². The summed E-state index contributed by atoms with van der Waals surface area (Å²) in [4.78, 5) is 0. The highest BCUT2D eigenvalue weighted by Gasteiger charge is 2.15. The number of hydrogen-bond acceptors (Lipinski definition) is 2. The molecular formula is C13H17BrO2. The minimum Gasteiger partial charge on any atom is -0.465 e. The molecule has 1 heterocycles.